The monoisotopic (exact) mass is 334 g/mol. The molecule has 0 bridgehead atoms. The van der Waals surface area contributed by atoms with E-state index in [4.69, 9.17) is 22.1 Å². The van der Waals surface area contributed by atoms with Crippen LogP contribution in [0.15, 0.2) is 24.3 Å². The largest absolute Gasteiger partial charge is 0.383 e. The average Bonchev–Trinajstić information content (AvgIpc) is 2.43. The van der Waals surface area contributed by atoms with Crippen molar-refractivity contribution in [2.45, 2.75) is 0 Å². The standard InChI is InChI=1S/C13H19ClN2O4S/c14-4-8-21(18,19)9-7-20-6-5-16-12-3-1-2-11(10-12)13(15)17/h1-3,10,16H,4-9H2,(H2,15,17). The van der Waals surface area contributed by atoms with Gasteiger partial charge < -0.3 is 15.8 Å². The molecule has 8 heteroatoms. The summed E-state index contributed by atoms with van der Waals surface area (Å²) < 4.78 is 28.0. The van der Waals surface area contributed by atoms with Crippen LogP contribution in [0.25, 0.3) is 0 Å². The van der Waals surface area contributed by atoms with Crippen LogP contribution >= 0.6 is 11.6 Å². The van der Waals surface area contributed by atoms with E-state index in [1.54, 1.807) is 24.3 Å². The molecule has 1 aromatic rings. The Morgan fingerprint density at radius 2 is 2.05 bits per heavy atom. The second-order valence-corrected chi connectivity index (χ2v) is 7.01. The molecule has 0 aromatic heterocycles. The first-order chi connectivity index (χ1) is 9.94. The lowest BCUT2D eigenvalue weighted by Gasteiger charge is -2.08. The summed E-state index contributed by atoms with van der Waals surface area (Å²) >= 11 is 5.39. The van der Waals surface area contributed by atoms with Crippen LogP contribution in [0.5, 0.6) is 0 Å². The van der Waals surface area contributed by atoms with E-state index in [0.29, 0.717) is 18.7 Å². The van der Waals surface area contributed by atoms with E-state index >= 15 is 0 Å². The number of nitrogens with two attached hydrogens (primary N) is 1. The van der Waals surface area contributed by atoms with E-state index in [0.717, 1.165) is 5.69 Å². The number of primary amides is 1. The van der Waals surface area contributed by atoms with Gasteiger partial charge in [0, 0.05) is 23.7 Å². The predicted molar refractivity (Wildman–Crippen MR) is 83.6 cm³/mol. The van der Waals surface area contributed by atoms with E-state index in [-0.39, 0.29) is 24.0 Å². The smallest absolute Gasteiger partial charge is 0.248 e. The molecular weight excluding hydrogens is 316 g/mol. The zero-order valence-electron chi connectivity index (χ0n) is 11.5. The number of carbonyl (C=O) groups is 1. The van der Waals surface area contributed by atoms with Gasteiger partial charge in [-0.3, -0.25) is 4.79 Å². The maximum Gasteiger partial charge on any atom is 0.248 e. The van der Waals surface area contributed by atoms with Gasteiger partial charge in [0.25, 0.3) is 0 Å². The quantitative estimate of drug-likeness (QED) is 0.488. The maximum absolute atomic E-state index is 11.4. The average molecular weight is 335 g/mol. The summed E-state index contributed by atoms with van der Waals surface area (Å²) in [6.07, 6.45) is 0. The predicted octanol–water partition coefficient (Wildman–Crippen LogP) is 0.868. The van der Waals surface area contributed by atoms with Gasteiger partial charge in [-0.05, 0) is 18.2 Å². The van der Waals surface area contributed by atoms with Crippen LogP contribution in [0.1, 0.15) is 10.4 Å². The molecule has 1 rings (SSSR count). The third-order valence-electron chi connectivity index (χ3n) is 2.65. The van der Waals surface area contributed by atoms with Gasteiger partial charge in [-0.1, -0.05) is 6.07 Å². The fraction of sp³-hybridized carbons (Fsp3) is 0.462. The first kappa shape index (κ1) is 17.7. The van der Waals surface area contributed by atoms with Crippen LogP contribution in [-0.4, -0.2) is 51.5 Å². The van der Waals surface area contributed by atoms with Gasteiger partial charge in [-0.25, -0.2) is 8.42 Å². The fourth-order valence-electron chi connectivity index (χ4n) is 1.56. The number of rotatable bonds is 10. The molecule has 0 aliphatic rings. The Kier molecular flexibility index (Phi) is 7.49. The normalized spacial score (nSPS) is 11.3. The molecule has 0 aliphatic carbocycles. The Labute approximate surface area is 129 Å². The summed E-state index contributed by atoms with van der Waals surface area (Å²) in [4.78, 5) is 11.0. The molecule has 0 unspecified atom stereocenters. The number of ether oxygens (including phenoxy) is 1. The number of carbonyl (C=O) groups excluding carboxylic acids is 1. The lowest BCUT2D eigenvalue weighted by molar-refractivity contribution is 0.100. The van der Waals surface area contributed by atoms with Crippen molar-refractivity contribution >= 4 is 33.0 Å². The zero-order chi connectivity index (χ0) is 15.7. The van der Waals surface area contributed by atoms with E-state index in [2.05, 4.69) is 5.32 Å². The third-order valence-corrected chi connectivity index (χ3v) is 4.68. The minimum absolute atomic E-state index is 0.0309. The van der Waals surface area contributed by atoms with Crippen molar-refractivity contribution in [3.05, 3.63) is 29.8 Å². The van der Waals surface area contributed by atoms with Crippen molar-refractivity contribution < 1.29 is 17.9 Å². The number of nitrogens with one attached hydrogen (secondary N) is 1. The molecule has 0 aliphatic heterocycles. The summed E-state index contributed by atoms with van der Waals surface area (Å²) in [6, 6.07) is 6.80. The van der Waals surface area contributed by atoms with Crippen LogP contribution in [0.3, 0.4) is 0 Å². The molecule has 6 nitrogen and oxygen atoms in total. The Bertz CT molecular complexity index is 563. The van der Waals surface area contributed by atoms with Gasteiger partial charge in [0.05, 0.1) is 24.7 Å². The first-order valence-corrected chi connectivity index (χ1v) is 8.78. The molecule has 0 radical (unpaired) electrons. The van der Waals surface area contributed by atoms with E-state index < -0.39 is 15.7 Å². The highest BCUT2D eigenvalue weighted by molar-refractivity contribution is 7.91. The maximum atomic E-state index is 11.4. The minimum Gasteiger partial charge on any atom is -0.383 e. The number of alkyl halides is 1. The molecule has 0 spiro atoms. The molecule has 1 amide bonds. The van der Waals surface area contributed by atoms with Crippen LogP contribution in [-0.2, 0) is 14.6 Å². The molecule has 3 N–H and O–H groups in total. The molecule has 0 saturated heterocycles. The lowest BCUT2D eigenvalue weighted by Crippen LogP contribution is -2.18. The summed E-state index contributed by atoms with van der Waals surface area (Å²) in [5, 5.41) is 3.06. The molecule has 118 valence electrons. The van der Waals surface area contributed by atoms with Gasteiger partial charge >= 0.3 is 0 Å². The van der Waals surface area contributed by atoms with Crippen molar-refractivity contribution in [1.82, 2.24) is 0 Å². The van der Waals surface area contributed by atoms with E-state index in [1.807, 2.05) is 0 Å². The number of hydrogen-bond donors (Lipinski definition) is 2. The molecule has 21 heavy (non-hydrogen) atoms. The highest BCUT2D eigenvalue weighted by atomic mass is 35.5. The molecule has 1 aromatic carbocycles. The SMILES string of the molecule is NC(=O)c1cccc(NCCOCCS(=O)(=O)CCCl)c1. The van der Waals surface area contributed by atoms with Crippen molar-refractivity contribution in [2.24, 2.45) is 5.73 Å². The third kappa shape index (κ3) is 7.31. The summed E-state index contributed by atoms with van der Waals surface area (Å²) in [6.45, 7) is 0.997. The van der Waals surface area contributed by atoms with Crippen LogP contribution < -0.4 is 11.1 Å². The van der Waals surface area contributed by atoms with Crippen LogP contribution in [0.2, 0.25) is 0 Å². The number of amides is 1. The molecule has 0 saturated carbocycles. The van der Waals surface area contributed by atoms with Gasteiger partial charge in [0.2, 0.25) is 5.91 Å². The van der Waals surface area contributed by atoms with E-state index in [1.165, 1.54) is 0 Å². The van der Waals surface area contributed by atoms with E-state index in [9.17, 15) is 13.2 Å². The second-order valence-electron chi connectivity index (χ2n) is 4.33. The van der Waals surface area contributed by atoms with Gasteiger partial charge in [0.1, 0.15) is 0 Å². The van der Waals surface area contributed by atoms with Gasteiger partial charge in [0.15, 0.2) is 9.84 Å². The molecular formula is C13H19ClN2O4S. The summed E-state index contributed by atoms with van der Waals surface area (Å²) in [7, 11) is -3.11. The Hall–Kier alpha value is -1.31. The minimum atomic E-state index is -3.11. The number of hydrogen-bond acceptors (Lipinski definition) is 5. The number of halogens is 1. The topological polar surface area (TPSA) is 98.5 Å². The van der Waals surface area contributed by atoms with Crippen molar-refractivity contribution in [2.75, 3.05) is 42.5 Å². The molecule has 0 fully saturated rings. The van der Waals surface area contributed by atoms with Crippen molar-refractivity contribution in [1.29, 1.82) is 0 Å². The highest BCUT2D eigenvalue weighted by Crippen LogP contribution is 2.09. The van der Waals surface area contributed by atoms with Gasteiger partial charge in [-0.15, -0.1) is 11.6 Å². The van der Waals surface area contributed by atoms with Gasteiger partial charge in [-0.2, -0.15) is 0 Å². The molecule has 0 atom stereocenters. The number of sulfone groups is 1. The summed E-state index contributed by atoms with van der Waals surface area (Å²) in [5.74, 6) is -0.452. The Balaban J connectivity index is 2.23. The first-order valence-electron chi connectivity index (χ1n) is 6.42. The van der Waals surface area contributed by atoms with Crippen molar-refractivity contribution in [3.8, 4) is 0 Å². The second kappa shape index (κ2) is 8.86. The zero-order valence-corrected chi connectivity index (χ0v) is 13.1. The lowest BCUT2D eigenvalue weighted by atomic mass is 10.2. The Morgan fingerprint density at radius 3 is 2.71 bits per heavy atom. The highest BCUT2D eigenvalue weighted by Gasteiger charge is 2.09. The number of anilines is 1. The summed E-state index contributed by atoms with van der Waals surface area (Å²) in [5.41, 5.74) is 6.36. The molecule has 0 heterocycles. The number of benzene rings is 1. The van der Waals surface area contributed by atoms with Crippen molar-refractivity contribution in [3.63, 3.8) is 0 Å². The van der Waals surface area contributed by atoms with Crippen LogP contribution in [0.4, 0.5) is 5.69 Å². The van der Waals surface area contributed by atoms with Crippen LogP contribution in [0, 0.1) is 0 Å². The Morgan fingerprint density at radius 1 is 1.29 bits per heavy atom. The fourth-order valence-corrected chi connectivity index (χ4v) is 3.07.